The Morgan fingerprint density at radius 1 is 1.30 bits per heavy atom. The first-order chi connectivity index (χ1) is 9.63. The molecule has 0 aromatic heterocycles. The van der Waals surface area contributed by atoms with E-state index in [-0.39, 0.29) is 11.9 Å². The van der Waals surface area contributed by atoms with Crippen molar-refractivity contribution < 1.29 is 4.79 Å². The molecule has 1 saturated heterocycles. The molecule has 0 bridgehead atoms. The van der Waals surface area contributed by atoms with Gasteiger partial charge in [0.1, 0.15) is 0 Å². The van der Waals surface area contributed by atoms with Crippen molar-refractivity contribution in [2.24, 2.45) is 0 Å². The predicted octanol–water partition coefficient (Wildman–Crippen LogP) is 2.41. The van der Waals surface area contributed by atoms with Crippen LogP contribution in [0.3, 0.4) is 0 Å². The first kappa shape index (κ1) is 13.9. The van der Waals surface area contributed by atoms with E-state index >= 15 is 0 Å². The fourth-order valence-corrected chi connectivity index (χ4v) is 3.54. The van der Waals surface area contributed by atoms with Crippen molar-refractivity contribution in [3.05, 3.63) is 34.3 Å². The Hall–Kier alpha value is -1.06. The van der Waals surface area contributed by atoms with Crippen LogP contribution in [-0.2, 0) is 17.6 Å². The minimum atomic E-state index is -0.0946. The molecule has 2 aliphatic rings. The lowest BCUT2D eigenvalue weighted by Gasteiger charge is -2.23. The third-order valence-corrected chi connectivity index (χ3v) is 4.61. The van der Waals surface area contributed by atoms with Crippen LogP contribution in [0.2, 0.25) is 5.02 Å². The van der Waals surface area contributed by atoms with Gasteiger partial charge in [0.05, 0.1) is 6.04 Å². The van der Waals surface area contributed by atoms with Crippen molar-refractivity contribution in [3.8, 4) is 0 Å². The Kier molecular flexibility index (Phi) is 3.99. The van der Waals surface area contributed by atoms with Gasteiger partial charge in [-0.1, -0.05) is 17.7 Å². The Labute approximate surface area is 125 Å². The molecular formula is C16H21ClN2O. The van der Waals surface area contributed by atoms with Gasteiger partial charge in [-0.15, -0.1) is 0 Å². The number of carbonyl (C=O) groups is 1. The molecule has 2 unspecified atom stereocenters. The summed E-state index contributed by atoms with van der Waals surface area (Å²) in [5.41, 5.74) is 2.67. The summed E-state index contributed by atoms with van der Waals surface area (Å²) >= 11 is 6.03. The monoisotopic (exact) mass is 292 g/mol. The molecule has 1 amide bonds. The third-order valence-electron chi connectivity index (χ3n) is 4.37. The highest BCUT2D eigenvalue weighted by molar-refractivity contribution is 6.30. The topological polar surface area (TPSA) is 32.3 Å². The SMILES string of the molecule is CC(NC1Cc2ccc(Cl)cc2C1)C(=O)N1CCCC1. The minimum absolute atomic E-state index is 0.0946. The number of amides is 1. The highest BCUT2D eigenvalue weighted by Crippen LogP contribution is 2.25. The van der Waals surface area contributed by atoms with Gasteiger partial charge >= 0.3 is 0 Å². The van der Waals surface area contributed by atoms with Crippen LogP contribution in [0, 0.1) is 0 Å². The summed E-state index contributed by atoms with van der Waals surface area (Å²) in [5.74, 6) is 0.247. The fraction of sp³-hybridized carbons (Fsp3) is 0.562. The standard InChI is InChI=1S/C16H21ClN2O/c1-11(16(20)19-6-2-3-7-19)18-15-9-12-4-5-14(17)8-13(12)10-15/h4-5,8,11,15,18H,2-3,6-7,9-10H2,1H3. The Balaban J connectivity index is 1.58. The molecule has 0 spiro atoms. The Morgan fingerprint density at radius 3 is 2.75 bits per heavy atom. The van der Waals surface area contributed by atoms with Gasteiger partial charge in [0.25, 0.3) is 0 Å². The molecular weight excluding hydrogens is 272 g/mol. The quantitative estimate of drug-likeness (QED) is 0.928. The zero-order valence-electron chi connectivity index (χ0n) is 11.9. The zero-order valence-corrected chi connectivity index (χ0v) is 12.6. The van der Waals surface area contributed by atoms with Gasteiger partial charge in [0, 0.05) is 24.2 Å². The van der Waals surface area contributed by atoms with Crippen LogP contribution >= 0.6 is 11.6 Å². The number of hydrogen-bond donors (Lipinski definition) is 1. The zero-order chi connectivity index (χ0) is 14.1. The number of hydrogen-bond acceptors (Lipinski definition) is 2. The van der Waals surface area contributed by atoms with E-state index in [1.165, 1.54) is 11.1 Å². The van der Waals surface area contributed by atoms with E-state index in [9.17, 15) is 4.79 Å². The van der Waals surface area contributed by atoms with Crippen molar-refractivity contribution in [1.29, 1.82) is 0 Å². The molecule has 2 atom stereocenters. The summed E-state index contributed by atoms with van der Waals surface area (Å²) in [4.78, 5) is 14.3. The van der Waals surface area contributed by atoms with Crippen LogP contribution in [0.25, 0.3) is 0 Å². The van der Waals surface area contributed by atoms with Gasteiger partial charge in [0.2, 0.25) is 5.91 Å². The van der Waals surface area contributed by atoms with Gasteiger partial charge in [-0.25, -0.2) is 0 Å². The van der Waals surface area contributed by atoms with Crippen LogP contribution in [0.15, 0.2) is 18.2 Å². The first-order valence-corrected chi connectivity index (χ1v) is 7.83. The lowest BCUT2D eigenvalue weighted by atomic mass is 10.1. The van der Waals surface area contributed by atoms with Gasteiger partial charge in [-0.2, -0.15) is 0 Å². The number of carbonyl (C=O) groups excluding carboxylic acids is 1. The lowest BCUT2D eigenvalue weighted by Crippen LogP contribution is -2.47. The first-order valence-electron chi connectivity index (χ1n) is 7.45. The van der Waals surface area contributed by atoms with Crippen molar-refractivity contribution in [3.63, 3.8) is 0 Å². The average Bonchev–Trinajstić information content (AvgIpc) is 3.05. The van der Waals surface area contributed by atoms with E-state index < -0.39 is 0 Å². The van der Waals surface area contributed by atoms with Crippen LogP contribution in [0.5, 0.6) is 0 Å². The number of nitrogens with one attached hydrogen (secondary N) is 1. The molecule has 1 heterocycles. The second-order valence-corrected chi connectivity index (χ2v) is 6.38. The van der Waals surface area contributed by atoms with Gasteiger partial charge in [0.15, 0.2) is 0 Å². The van der Waals surface area contributed by atoms with E-state index in [0.717, 1.165) is 43.8 Å². The molecule has 3 rings (SSSR count). The lowest BCUT2D eigenvalue weighted by molar-refractivity contribution is -0.132. The number of benzene rings is 1. The van der Waals surface area contributed by atoms with Crippen molar-refractivity contribution in [1.82, 2.24) is 10.2 Å². The molecule has 1 aliphatic carbocycles. The van der Waals surface area contributed by atoms with E-state index in [2.05, 4.69) is 11.4 Å². The smallest absolute Gasteiger partial charge is 0.239 e. The molecule has 0 saturated carbocycles. The maximum Gasteiger partial charge on any atom is 0.239 e. The average molecular weight is 293 g/mol. The maximum absolute atomic E-state index is 12.3. The summed E-state index contributed by atoms with van der Waals surface area (Å²) in [6.45, 7) is 3.83. The number of likely N-dealkylation sites (tertiary alicyclic amines) is 1. The summed E-state index contributed by atoms with van der Waals surface area (Å²) in [5, 5.41) is 4.28. The Bertz CT molecular complexity index is 511. The van der Waals surface area contributed by atoms with Crippen LogP contribution < -0.4 is 5.32 Å². The summed E-state index contributed by atoms with van der Waals surface area (Å²) in [7, 11) is 0. The molecule has 108 valence electrons. The summed E-state index contributed by atoms with van der Waals surface area (Å²) < 4.78 is 0. The molecule has 1 fully saturated rings. The van der Waals surface area contributed by atoms with E-state index in [1.54, 1.807) is 0 Å². The third kappa shape index (κ3) is 2.84. The summed E-state index contributed by atoms with van der Waals surface area (Å²) in [6.07, 6.45) is 4.25. The van der Waals surface area contributed by atoms with Gasteiger partial charge in [-0.3, -0.25) is 4.79 Å². The van der Waals surface area contributed by atoms with E-state index in [1.807, 2.05) is 24.0 Å². The van der Waals surface area contributed by atoms with E-state index in [0.29, 0.717) is 6.04 Å². The number of halogens is 1. The fourth-order valence-electron chi connectivity index (χ4n) is 3.34. The minimum Gasteiger partial charge on any atom is -0.341 e. The highest BCUT2D eigenvalue weighted by atomic mass is 35.5. The second-order valence-electron chi connectivity index (χ2n) is 5.94. The molecule has 0 radical (unpaired) electrons. The number of nitrogens with zero attached hydrogens (tertiary/aromatic N) is 1. The molecule has 1 N–H and O–H groups in total. The normalized spacial score (nSPS) is 22.9. The number of rotatable bonds is 3. The van der Waals surface area contributed by atoms with E-state index in [4.69, 9.17) is 11.6 Å². The predicted molar refractivity (Wildman–Crippen MR) is 81.1 cm³/mol. The molecule has 3 nitrogen and oxygen atoms in total. The number of fused-ring (bicyclic) bond motifs is 1. The van der Waals surface area contributed by atoms with Crippen LogP contribution in [-0.4, -0.2) is 36.0 Å². The van der Waals surface area contributed by atoms with Crippen molar-refractivity contribution >= 4 is 17.5 Å². The molecule has 4 heteroatoms. The molecule has 1 aromatic rings. The molecule has 1 aromatic carbocycles. The molecule has 20 heavy (non-hydrogen) atoms. The largest absolute Gasteiger partial charge is 0.341 e. The van der Waals surface area contributed by atoms with Crippen molar-refractivity contribution in [2.75, 3.05) is 13.1 Å². The second kappa shape index (κ2) is 5.74. The van der Waals surface area contributed by atoms with Gasteiger partial charge in [-0.05, 0) is 55.9 Å². The highest BCUT2D eigenvalue weighted by Gasteiger charge is 2.28. The van der Waals surface area contributed by atoms with Gasteiger partial charge < -0.3 is 10.2 Å². The maximum atomic E-state index is 12.3. The van der Waals surface area contributed by atoms with Crippen LogP contribution in [0.4, 0.5) is 0 Å². The summed E-state index contributed by atoms with van der Waals surface area (Å²) in [6, 6.07) is 6.35. The molecule has 1 aliphatic heterocycles. The van der Waals surface area contributed by atoms with Crippen molar-refractivity contribution in [2.45, 2.75) is 44.7 Å². The van der Waals surface area contributed by atoms with Crippen LogP contribution in [0.1, 0.15) is 30.9 Å². The Morgan fingerprint density at radius 2 is 2.00 bits per heavy atom.